The third-order valence-electron chi connectivity index (χ3n) is 4.38. The predicted molar refractivity (Wildman–Crippen MR) is 85.1 cm³/mol. The highest BCUT2D eigenvalue weighted by Crippen LogP contribution is 2.18. The van der Waals surface area contributed by atoms with E-state index in [1.54, 1.807) is 0 Å². The van der Waals surface area contributed by atoms with Crippen molar-refractivity contribution in [2.45, 2.75) is 65.3 Å². The van der Waals surface area contributed by atoms with Crippen LogP contribution < -0.4 is 5.32 Å². The second kappa shape index (κ2) is 11.5. The molecule has 0 radical (unpaired) electrons. The summed E-state index contributed by atoms with van der Waals surface area (Å²) >= 11 is 0. The van der Waals surface area contributed by atoms with Crippen molar-refractivity contribution in [2.24, 2.45) is 11.8 Å². The van der Waals surface area contributed by atoms with Gasteiger partial charge in [-0.15, -0.1) is 0 Å². The molecular formula is C17H35NO2. The van der Waals surface area contributed by atoms with Gasteiger partial charge < -0.3 is 14.8 Å². The Morgan fingerprint density at radius 2 is 2.05 bits per heavy atom. The molecule has 0 aromatic heterocycles. The van der Waals surface area contributed by atoms with Crippen LogP contribution in [0.4, 0.5) is 0 Å². The summed E-state index contributed by atoms with van der Waals surface area (Å²) in [7, 11) is 0. The van der Waals surface area contributed by atoms with Crippen LogP contribution in [0.5, 0.6) is 0 Å². The molecule has 1 N–H and O–H groups in total. The van der Waals surface area contributed by atoms with Gasteiger partial charge in [0.25, 0.3) is 0 Å². The van der Waals surface area contributed by atoms with Crippen LogP contribution in [0.3, 0.4) is 0 Å². The molecule has 0 amide bonds. The fourth-order valence-corrected chi connectivity index (χ4v) is 2.82. The molecule has 0 saturated carbocycles. The first-order chi connectivity index (χ1) is 9.81. The molecule has 1 aliphatic rings. The summed E-state index contributed by atoms with van der Waals surface area (Å²) in [5, 5.41) is 3.64. The third kappa shape index (κ3) is 7.05. The Labute approximate surface area is 125 Å². The van der Waals surface area contributed by atoms with Crippen LogP contribution >= 0.6 is 0 Å². The molecule has 1 saturated heterocycles. The Morgan fingerprint density at radius 1 is 1.20 bits per heavy atom. The second-order valence-electron chi connectivity index (χ2n) is 6.14. The van der Waals surface area contributed by atoms with Gasteiger partial charge in [-0.1, -0.05) is 40.0 Å². The molecule has 3 nitrogen and oxygen atoms in total. The van der Waals surface area contributed by atoms with Crippen molar-refractivity contribution in [2.75, 3.05) is 33.0 Å². The van der Waals surface area contributed by atoms with Gasteiger partial charge in [0, 0.05) is 25.2 Å². The van der Waals surface area contributed by atoms with Crippen LogP contribution in [0.25, 0.3) is 0 Å². The van der Waals surface area contributed by atoms with Crippen molar-refractivity contribution < 1.29 is 9.47 Å². The molecular weight excluding hydrogens is 250 g/mol. The number of hydrogen-bond donors (Lipinski definition) is 1. The van der Waals surface area contributed by atoms with Crippen LogP contribution in [-0.2, 0) is 9.47 Å². The highest BCUT2D eigenvalue weighted by Gasteiger charge is 2.25. The highest BCUT2D eigenvalue weighted by atomic mass is 16.5. The van der Waals surface area contributed by atoms with Gasteiger partial charge in [0.2, 0.25) is 0 Å². The van der Waals surface area contributed by atoms with Gasteiger partial charge in [0.15, 0.2) is 0 Å². The largest absolute Gasteiger partial charge is 0.381 e. The fraction of sp³-hybridized carbons (Fsp3) is 1.00. The molecule has 3 unspecified atom stereocenters. The zero-order valence-corrected chi connectivity index (χ0v) is 13.8. The minimum absolute atomic E-state index is 0.473. The van der Waals surface area contributed by atoms with Crippen molar-refractivity contribution in [1.82, 2.24) is 5.32 Å². The fourth-order valence-electron chi connectivity index (χ4n) is 2.82. The number of nitrogens with one attached hydrogen (secondary N) is 1. The lowest BCUT2D eigenvalue weighted by molar-refractivity contribution is 0.0603. The molecule has 1 fully saturated rings. The predicted octanol–water partition coefficient (Wildman–Crippen LogP) is 3.62. The van der Waals surface area contributed by atoms with Crippen molar-refractivity contribution in [3.63, 3.8) is 0 Å². The quantitative estimate of drug-likeness (QED) is 0.594. The van der Waals surface area contributed by atoms with Crippen molar-refractivity contribution in [3.8, 4) is 0 Å². The van der Waals surface area contributed by atoms with Crippen LogP contribution in [0.1, 0.15) is 59.3 Å². The van der Waals surface area contributed by atoms with Crippen molar-refractivity contribution >= 4 is 0 Å². The minimum atomic E-state index is 0.473. The summed E-state index contributed by atoms with van der Waals surface area (Å²) in [5.41, 5.74) is 0. The van der Waals surface area contributed by atoms with E-state index in [1.807, 2.05) is 0 Å². The monoisotopic (exact) mass is 285 g/mol. The molecule has 0 aromatic rings. The van der Waals surface area contributed by atoms with Crippen molar-refractivity contribution in [3.05, 3.63) is 0 Å². The smallest absolute Gasteiger partial charge is 0.0623 e. The standard InChI is InChI=1S/C17H35NO2/c1-4-7-8-15(6-3)12-20-14-17(18-10-5-2)16-9-11-19-13-16/h15-18H,4-14H2,1-3H3. The van der Waals surface area contributed by atoms with Gasteiger partial charge in [-0.05, 0) is 31.7 Å². The van der Waals surface area contributed by atoms with Crippen LogP contribution in [0, 0.1) is 11.8 Å². The van der Waals surface area contributed by atoms with E-state index >= 15 is 0 Å². The minimum Gasteiger partial charge on any atom is -0.381 e. The molecule has 20 heavy (non-hydrogen) atoms. The van der Waals surface area contributed by atoms with Gasteiger partial charge in [-0.25, -0.2) is 0 Å². The molecule has 0 bridgehead atoms. The van der Waals surface area contributed by atoms with Gasteiger partial charge in [0.05, 0.1) is 13.2 Å². The topological polar surface area (TPSA) is 30.5 Å². The molecule has 1 heterocycles. The summed E-state index contributed by atoms with van der Waals surface area (Å²) < 4.78 is 11.6. The summed E-state index contributed by atoms with van der Waals surface area (Å²) in [6, 6.07) is 0.473. The summed E-state index contributed by atoms with van der Waals surface area (Å²) in [5.74, 6) is 1.37. The van der Waals surface area contributed by atoms with E-state index in [0.29, 0.717) is 12.0 Å². The van der Waals surface area contributed by atoms with E-state index in [9.17, 15) is 0 Å². The zero-order valence-electron chi connectivity index (χ0n) is 13.8. The van der Waals surface area contributed by atoms with Crippen LogP contribution in [0.15, 0.2) is 0 Å². The van der Waals surface area contributed by atoms with E-state index in [1.165, 1.54) is 38.5 Å². The number of rotatable bonds is 12. The van der Waals surface area contributed by atoms with Gasteiger partial charge in [-0.3, -0.25) is 0 Å². The Hall–Kier alpha value is -0.120. The molecule has 0 spiro atoms. The normalized spacial score (nSPS) is 22.1. The van der Waals surface area contributed by atoms with Crippen LogP contribution in [-0.4, -0.2) is 39.0 Å². The van der Waals surface area contributed by atoms with Crippen LogP contribution in [0.2, 0.25) is 0 Å². The average molecular weight is 285 g/mol. The number of hydrogen-bond acceptors (Lipinski definition) is 3. The maximum Gasteiger partial charge on any atom is 0.0623 e. The van der Waals surface area contributed by atoms with E-state index in [4.69, 9.17) is 9.47 Å². The van der Waals surface area contributed by atoms with Crippen molar-refractivity contribution in [1.29, 1.82) is 0 Å². The number of ether oxygens (including phenoxy) is 2. The maximum absolute atomic E-state index is 6.04. The molecule has 3 atom stereocenters. The second-order valence-corrected chi connectivity index (χ2v) is 6.14. The zero-order chi connectivity index (χ0) is 14.6. The Bertz CT molecular complexity index is 217. The highest BCUT2D eigenvalue weighted by molar-refractivity contribution is 4.79. The first kappa shape index (κ1) is 17.9. The Balaban J connectivity index is 2.25. The molecule has 0 aromatic carbocycles. The first-order valence-electron chi connectivity index (χ1n) is 8.70. The Morgan fingerprint density at radius 3 is 2.65 bits per heavy atom. The molecule has 120 valence electrons. The summed E-state index contributed by atoms with van der Waals surface area (Å²) in [4.78, 5) is 0. The SMILES string of the molecule is CCCCC(CC)COCC(NCCC)C1CCOC1. The van der Waals surface area contributed by atoms with Gasteiger partial charge in [-0.2, -0.15) is 0 Å². The summed E-state index contributed by atoms with van der Waals surface area (Å²) in [6.45, 7) is 11.4. The lowest BCUT2D eigenvalue weighted by atomic mass is 9.99. The van der Waals surface area contributed by atoms with E-state index in [2.05, 4.69) is 26.1 Å². The van der Waals surface area contributed by atoms with E-state index < -0.39 is 0 Å². The van der Waals surface area contributed by atoms with E-state index in [0.717, 1.165) is 38.9 Å². The maximum atomic E-state index is 6.04. The number of unbranched alkanes of at least 4 members (excludes halogenated alkanes) is 1. The molecule has 1 rings (SSSR count). The third-order valence-corrected chi connectivity index (χ3v) is 4.38. The van der Waals surface area contributed by atoms with E-state index in [-0.39, 0.29) is 0 Å². The van der Waals surface area contributed by atoms with Gasteiger partial charge >= 0.3 is 0 Å². The average Bonchev–Trinajstić information content (AvgIpc) is 3.00. The lowest BCUT2D eigenvalue weighted by Crippen LogP contribution is -2.41. The molecule has 0 aliphatic carbocycles. The summed E-state index contributed by atoms with van der Waals surface area (Å²) in [6.07, 6.45) is 7.52. The van der Waals surface area contributed by atoms with Gasteiger partial charge in [0.1, 0.15) is 0 Å². The lowest BCUT2D eigenvalue weighted by Gasteiger charge is -2.25. The molecule has 3 heteroatoms. The first-order valence-corrected chi connectivity index (χ1v) is 8.70. The Kier molecular flexibility index (Phi) is 10.3. The molecule has 1 aliphatic heterocycles.